The predicted octanol–water partition coefficient (Wildman–Crippen LogP) is 4.59. The molecule has 0 radical (unpaired) electrons. The van der Waals surface area contributed by atoms with Crippen LogP contribution in [0.1, 0.15) is 17.0 Å². The highest BCUT2D eigenvalue weighted by atomic mass is 16.7. The standard InChI is InChI=1S/C24H18N2O3/c1-16-6-10-18(11-7-16)26-23(25-20-5-3-2-4-19(20)24(26)27)13-9-17-8-12-21-22(14-17)29-15-28-21/h2-14H,15H2,1H3/b13-9+. The quantitative estimate of drug-likeness (QED) is 0.520. The molecular weight excluding hydrogens is 364 g/mol. The van der Waals surface area contributed by atoms with Gasteiger partial charge in [0.25, 0.3) is 5.56 Å². The Morgan fingerprint density at radius 3 is 2.59 bits per heavy atom. The molecule has 1 aromatic heterocycles. The van der Waals surface area contributed by atoms with Gasteiger partial charge in [-0.15, -0.1) is 0 Å². The van der Waals surface area contributed by atoms with Crippen molar-refractivity contribution in [2.45, 2.75) is 6.92 Å². The Hall–Kier alpha value is -3.86. The van der Waals surface area contributed by atoms with Gasteiger partial charge >= 0.3 is 0 Å². The average Bonchev–Trinajstić information content (AvgIpc) is 3.21. The van der Waals surface area contributed by atoms with E-state index in [1.807, 2.05) is 79.7 Å². The minimum Gasteiger partial charge on any atom is -0.454 e. The van der Waals surface area contributed by atoms with Crippen LogP contribution < -0.4 is 15.0 Å². The second-order valence-electron chi connectivity index (χ2n) is 6.91. The minimum absolute atomic E-state index is 0.0928. The summed E-state index contributed by atoms with van der Waals surface area (Å²) in [5.74, 6) is 2.02. The highest BCUT2D eigenvalue weighted by molar-refractivity contribution is 5.80. The fourth-order valence-corrected chi connectivity index (χ4v) is 3.39. The summed E-state index contributed by atoms with van der Waals surface area (Å²) in [5.41, 5.74) is 3.43. The molecule has 0 saturated carbocycles. The summed E-state index contributed by atoms with van der Waals surface area (Å²) in [5, 5.41) is 0.591. The molecule has 0 aliphatic carbocycles. The molecule has 0 spiro atoms. The van der Waals surface area contributed by atoms with Gasteiger partial charge in [0.15, 0.2) is 11.5 Å². The van der Waals surface area contributed by atoms with Crippen LogP contribution in [0.3, 0.4) is 0 Å². The van der Waals surface area contributed by atoms with Gasteiger partial charge in [0.1, 0.15) is 5.82 Å². The first kappa shape index (κ1) is 17.3. The summed E-state index contributed by atoms with van der Waals surface area (Å²) in [6, 6.07) is 21.0. The molecule has 142 valence electrons. The van der Waals surface area contributed by atoms with Gasteiger partial charge in [-0.05, 0) is 55.0 Å². The molecule has 5 rings (SSSR count). The molecule has 0 bridgehead atoms. The Balaban J connectivity index is 1.66. The number of hydrogen-bond donors (Lipinski definition) is 0. The second-order valence-corrected chi connectivity index (χ2v) is 6.91. The van der Waals surface area contributed by atoms with E-state index in [0.29, 0.717) is 16.7 Å². The third-order valence-corrected chi connectivity index (χ3v) is 4.92. The number of rotatable bonds is 3. The Kier molecular flexibility index (Phi) is 4.13. The lowest BCUT2D eigenvalue weighted by Crippen LogP contribution is -2.22. The third kappa shape index (κ3) is 3.17. The van der Waals surface area contributed by atoms with E-state index in [0.717, 1.165) is 28.3 Å². The first-order valence-corrected chi connectivity index (χ1v) is 9.36. The van der Waals surface area contributed by atoms with Crippen molar-refractivity contribution >= 4 is 23.1 Å². The van der Waals surface area contributed by atoms with Gasteiger partial charge in [-0.2, -0.15) is 0 Å². The Bertz CT molecular complexity index is 1300. The number of aryl methyl sites for hydroxylation is 1. The maximum absolute atomic E-state index is 13.3. The lowest BCUT2D eigenvalue weighted by atomic mass is 10.1. The molecule has 29 heavy (non-hydrogen) atoms. The Labute approximate surface area is 167 Å². The average molecular weight is 382 g/mol. The predicted molar refractivity (Wildman–Crippen MR) is 114 cm³/mol. The molecule has 2 heterocycles. The SMILES string of the molecule is Cc1ccc(-n2c(/C=C/c3ccc4c(c3)OCO4)nc3ccccc3c2=O)cc1. The molecule has 0 N–H and O–H groups in total. The number of fused-ring (bicyclic) bond motifs is 2. The van der Waals surface area contributed by atoms with Gasteiger partial charge in [-0.25, -0.2) is 4.98 Å². The van der Waals surface area contributed by atoms with Crippen LogP contribution in [0.4, 0.5) is 0 Å². The number of benzene rings is 3. The smallest absolute Gasteiger partial charge is 0.266 e. The fourth-order valence-electron chi connectivity index (χ4n) is 3.39. The van der Waals surface area contributed by atoms with Crippen molar-refractivity contribution in [3.8, 4) is 17.2 Å². The maximum Gasteiger partial charge on any atom is 0.266 e. The largest absolute Gasteiger partial charge is 0.454 e. The zero-order chi connectivity index (χ0) is 19.8. The minimum atomic E-state index is -0.0928. The third-order valence-electron chi connectivity index (χ3n) is 4.92. The molecule has 5 heteroatoms. The van der Waals surface area contributed by atoms with Crippen LogP contribution in [-0.2, 0) is 0 Å². The van der Waals surface area contributed by atoms with Crippen molar-refractivity contribution in [2.75, 3.05) is 6.79 Å². The highest BCUT2D eigenvalue weighted by Gasteiger charge is 2.13. The summed E-state index contributed by atoms with van der Waals surface area (Å²) in [6.07, 6.45) is 3.77. The van der Waals surface area contributed by atoms with Gasteiger partial charge < -0.3 is 9.47 Å². The zero-order valence-corrected chi connectivity index (χ0v) is 15.8. The van der Waals surface area contributed by atoms with Crippen LogP contribution in [0.25, 0.3) is 28.7 Å². The molecule has 4 aromatic rings. The second kappa shape index (κ2) is 6.95. The summed E-state index contributed by atoms with van der Waals surface area (Å²) >= 11 is 0. The first-order valence-electron chi connectivity index (χ1n) is 9.36. The lowest BCUT2D eigenvalue weighted by molar-refractivity contribution is 0.174. The molecule has 0 saturated heterocycles. The summed E-state index contributed by atoms with van der Waals surface area (Å²) < 4.78 is 12.5. The topological polar surface area (TPSA) is 53.4 Å². The molecule has 0 fully saturated rings. The molecule has 1 aliphatic rings. The van der Waals surface area contributed by atoms with E-state index < -0.39 is 0 Å². The van der Waals surface area contributed by atoms with Crippen LogP contribution in [-0.4, -0.2) is 16.3 Å². The summed E-state index contributed by atoms with van der Waals surface area (Å²) in [7, 11) is 0. The fraction of sp³-hybridized carbons (Fsp3) is 0.0833. The Morgan fingerprint density at radius 2 is 1.72 bits per heavy atom. The van der Waals surface area contributed by atoms with E-state index in [-0.39, 0.29) is 12.4 Å². The maximum atomic E-state index is 13.3. The number of ether oxygens (including phenoxy) is 2. The number of para-hydroxylation sites is 1. The van der Waals surface area contributed by atoms with Crippen molar-refractivity contribution < 1.29 is 9.47 Å². The van der Waals surface area contributed by atoms with Crippen molar-refractivity contribution in [1.29, 1.82) is 0 Å². The lowest BCUT2D eigenvalue weighted by Gasteiger charge is -2.11. The van der Waals surface area contributed by atoms with E-state index in [2.05, 4.69) is 0 Å². The van der Waals surface area contributed by atoms with Crippen LogP contribution in [0, 0.1) is 6.92 Å². The van der Waals surface area contributed by atoms with E-state index in [9.17, 15) is 4.79 Å². The summed E-state index contributed by atoms with van der Waals surface area (Å²) in [4.78, 5) is 18.0. The molecule has 3 aromatic carbocycles. The van der Waals surface area contributed by atoms with E-state index >= 15 is 0 Å². The number of aromatic nitrogens is 2. The van der Waals surface area contributed by atoms with Crippen molar-refractivity contribution in [1.82, 2.24) is 9.55 Å². The van der Waals surface area contributed by atoms with Crippen LogP contribution in [0.2, 0.25) is 0 Å². The van der Waals surface area contributed by atoms with Crippen LogP contribution >= 0.6 is 0 Å². The van der Waals surface area contributed by atoms with Gasteiger partial charge in [0, 0.05) is 0 Å². The summed E-state index contributed by atoms with van der Waals surface area (Å²) in [6.45, 7) is 2.26. The number of hydrogen-bond acceptors (Lipinski definition) is 4. The van der Waals surface area contributed by atoms with Crippen molar-refractivity contribution in [3.05, 3.63) is 94.0 Å². The van der Waals surface area contributed by atoms with E-state index in [4.69, 9.17) is 14.5 Å². The van der Waals surface area contributed by atoms with E-state index in [1.54, 1.807) is 10.6 Å². The van der Waals surface area contributed by atoms with E-state index in [1.165, 1.54) is 0 Å². The number of nitrogens with zero attached hydrogens (tertiary/aromatic N) is 2. The van der Waals surface area contributed by atoms with Gasteiger partial charge in [0.05, 0.1) is 16.6 Å². The van der Waals surface area contributed by atoms with Crippen LogP contribution in [0.5, 0.6) is 11.5 Å². The molecule has 1 aliphatic heterocycles. The van der Waals surface area contributed by atoms with Crippen molar-refractivity contribution in [3.63, 3.8) is 0 Å². The van der Waals surface area contributed by atoms with Gasteiger partial charge in [-0.1, -0.05) is 42.0 Å². The van der Waals surface area contributed by atoms with Gasteiger partial charge in [0.2, 0.25) is 6.79 Å². The van der Waals surface area contributed by atoms with Crippen LogP contribution in [0.15, 0.2) is 71.5 Å². The van der Waals surface area contributed by atoms with Gasteiger partial charge in [-0.3, -0.25) is 9.36 Å². The monoisotopic (exact) mass is 382 g/mol. The molecule has 0 unspecified atom stereocenters. The molecular formula is C24H18N2O3. The molecule has 5 nitrogen and oxygen atoms in total. The first-order chi connectivity index (χ1) is 14.2. The highest BCUT2D eigenvalue weighted by Crippen LogP contribution is 2.33. The normalized spacial score (nSPS) is 12.7. The molecule has 0 amide bonds. The Morgan fingerprint density at radius 1 is 0.931 bits per heavy atom. The molecule has 0 atom stereocenters. The van der Waals surface area contributed by atoms with Crippen molar-refractivity contribution in [2.24, 2.45) is 0 Å². The zero-order valence-electron chi connectivity index (χ0n) is 15.8.